The van der Waals surface area contributed by atoms with Gasteiger partial charge in [0.25, 0.3) is 0 Å². The Kier molecular flexibility index (Phi) is 5.09. The van der Waals surface area contributed by atoms with Crippen LogP contribution < -0.4 is 10.5 Å². The lowest BCUT2D eigenvalue weighted by Crippen LogP contribution is -2.63. The molecule has 6 rings (SSSR count). The third-order valence-corrected chi connectivity index (χ3v) is 9.88. The highest BCUT2D eigenvalue weighted by Crippen LogP contribution is 2.69. The topological polar surface area (TPSA) is 108 Å². The third-order valence-electron chi connectivity index (χ3n) is 9.88. The standard InChI is InChI=1S/C28H33NO6/c1-26-10-9-18(30)11-16(26)3-8-20-21-12-24-28(35-15-34-24,27(21,2)13-22(31)25(20)26)23(32)14-33-19-6-4-17(29)5-7-19/h4-7,9-11,20-22,24-25,31H,3,8,12-15,29H2,1-2H3. The van der Waals surface area contributed by atoms with E-state index >= 15 is 0 Å². The fourth-order valence-corrected chi connectivity index (χ4v) is 8.35. The maximum Gasteiger partial charge on any atom is 0.205 e. The Morgan fingerprint density at radius 1 is 1.26 bits per heavy atom. The van der Waals surface area contributed by atoms with E-state index in [4.69, 9.17) is 19.9 Å². The fourth-order valence-electron chi connectivity index (χ4n) is 8.35. The molecule has 1 aliphatic heterocycles. The Hall–Kier alpha value is -2.48. The van der Waals surface area contributed by atoms with Crippen LogP contribution in [-0.4, -0.2) is 47.9 Å². The van der Waals surface area contributed by atoms with Gasteiger partial charge in [-0.05, 0) is 73.9 Å². The predicted octanol–water partition coefficient (Wildman–Crippen LogP) is 3.22. The number of hydrogen-bond donors (Lipinski definition) is 2. The van der Waals surface area contributed by atoms with Gasteiger partial charge in [0.15, 0.2) is 11.4 Å². The lowest BCUT2D eigenvalue weighted by Gasteiger charge is -2.59. The van der Waals surface area contributed by atoms with Gasteiger partial charge in [-0.3, -0.25) is 9.59 Å². The first-order valence-electron chi connectivity index (χ1n) is 12.6. The van der Waals surface area contributed by atoms with Gasteiger partial charge in [0.05, 0.1) is 12.2 Å². The van der Waals surface area contributed by atoms with Crippen molar-refractivity contribution in [3.63, 3.8) is 0 Å². The third kappa shape index (κ3) is 3.07. The van der Waals surface area contributed by atoms with Gasteiger partial charge >= 0.3 is 0 Å². The van der Waals surface area contributed by atoms with Crippen molar-refractivity contribution in [2.24, 2.45) is 28.6 Å². The second-order valence-electron chi connectivity index (χ2n) is 11.4. The summed E-state index contributed by atoms with van der Waals surface area (Å²) < 4.78 is 18.1. The minimum atomic E-state index is -1.15. The van der Waals surface area contributed by atoms with Crippen LogP contribution in [0.2, 0.25) is 0 Å². The number of Topliss-reactive ketones (excluding diaryl/α,β-unsaturated/α-hetero) is 1. The number of aliphatic hydroxyl groups excluding tert-OH is 1. The summed E-state index contributed by atoms with van der Waals surface area (Å²) >= 11 is 0. The average Bonchev–Trinajstić information content (AvgIpc) is 3.35. The molecule has 3 N–H and O–H groups in total. The number of ether oxygens (including phenoxy) is 3. The Morgan fingerprint density at radius 3 is 2.80 bits per heavy atom. The summed E-state index contributed by atoms with van der Waals surface area (Å²) in [7, 11) is 0. The van der Waals surface area contributed by atoms with Gasteiger partial charge < -0.3 is 25.1 Å². The van der Waals surface area contributed by atoms with E-state index < -0.39 is 17.1 Å². The molecule has 7 nitrogen and oxygen atoms in total. The summed E-state index contributed by atoms with van der Waals surface area (Å²) in [6.45, 7) is 4.18. The summed E-state index contributed by atoms with van der Waals surface area (Å²) in [4.78, 5) is 25.9. The first kappa shape index (κ1) is 23.0. The number of rotatable bonds is 4. The number of ketones is 2. The molecule has 4 fully saturated rings. The molecule has 3 saturated carbocycles. The van der Waals surface area contributed by atoms with Crippen molar-refractivity contribution < 1.29 is 28.9 Å². The molecular weight excluding hydrogens is 446 g/mol. The van der Waals surface area contributed by atoms with Crippen LogP contribution in [0.1, 0.15) is 39.5 Å². The molecule has 0 spiro atoms. The number of carbonyl (C=O) groups is 2. The number of nitrogen functional groups attached to an aromatic ring is 1. The minimum absolute atomic E-state index is 0.0121. The van der Waals surface area contributed by atoms with Crippen molar-refractivity contribution >= 4 is 17.3 Å². The van der Waals surface area contributed by atoms with Gasteiger partial charge in [-0.1, -0.05) is 25.5 Å². The highest BCUT2D eigenvalue weighted by molar-refractivity contribution is 6.01. The molecule has 8 atom stereocenters. The second kappa shape index (κ2) is 7.76. The van der Waals surface area contributed by atoms with Gasteiger partial charge in [0.1, 0.15) is 19.1 Å². The van der Waals surface area contributed by atoms with Crippen LogP contribution in [-0.2, 0) is 19.1 Å². The summed E-state index contributed by atoms with van der Waals surface area (Å²) in [6, 6.07) is 6.96. The van der Waals surface area contributed by atoms with E-state index in [9.17, 15) is 14.7 Å². The van der Waals surface area contributed by atoms with Crippen molar-refractivity contribution in [3.8, 4) is 5.75 Å². The van der Waals surface area contributed by atoms with Gasteiger partial charge in [-0.15, -0.1) is 0 Å². The summed E-state index contributed by atoms with van der Waals surface area (Å²) in [5, 5.41) is 11.6. The number of benzene rings is 1. The maximum absolute atomic E-state index is 13.8. The molecular formula is C28H33NO6. The monoisotopic (exact) mass is 479 g/mol. The molecule has 7 heteroatoms. The summed E-state index contributed by atoms with van der Waals surface area (Å²) in [6.07, 6.45) is 7.26. The highest BCUT2D eigenvalue weighted by atomic mass is 16.7. The van der Waals surface area contributed by atoms with Crippen LogP contribution in [0.25, 0.3) is 0 Å². The fraction of sp³-hybridized carbons (Fsp3) is 0.571. The molecule has 1 heterocycles. The van der Waals surface area contributed by atoms with Crippen LogP contribution in [0.3, 0.4) is 0 Å². The number of carbonyl (C=O) groups excluding carboxylic acids is 2. The number of nitrogens with two attached hydrogens (primary N) is 1. The van der Waals surface area contributed by atoms with Gasteiger partial charge in [-0.2, -0.15) is 0 Å². The zero-order chi connectivity index (χ0) is 24.6. The smallest absolute Gasteiger partial charge is 0.205 e. The molecule has 1 aromatic rings. The molecule has 1 saturated heterocycles. The lowest BCUT2D eigenvalue weighted by molar-refractivity contribution is -0.185. The zero-order valence-electron chi connectivity index (χ0n) is 20.2. The lowest BCUT2D eigenvalue weighted by atomic mass is 9.46. The van der Waals surface area contributed by atoms with Crippen molar-refractivity contribution in [1.82, 2.24) is 0 Å². The van der Waals surface area contributed by atoms with Gasteiger partial charge in [0, 0.05) is 22.4 Å². The van der Waals surface area contributed by atoms with Crippen LogP contribution in [0, 0.1) is 28.6 Å². The maximum atomic E-state index is 13.8. The first-order valence-corrected chi connectivity index (χ1v) is 12.6. The number of allylic oxidation sites excluding steroid dienone is 4. The minimum Gasteiger partial charge on any atom is -0.486 e. The van der Waals surface area contributed by atoms with Crippen molar-refractivity contribution in [2.45, 2.75) is 57.3 Å². The molecule has 0 aromatic heterocycles. The molecule has 186 valence electrons. The zero-order valence-corrected chi connectivity index (χ0v) is 20.2. The van der Waals surface area contributed by atoms with Crippen LogP contribution in [0.15, 0.2) is 48.1 Å². The molecule has 0 amide bonds. The molecule has 8 unspecified atom stereocenters. The van der Waals surface area contributed by atoms with Crippen molar-refractivity contribution in [1.29, 1.82) is 0 Å². The first-order chi connectivity index (χ1) is 16.7. The predicted molar refractivity (Wildman–Crippen MR) is 128 cm³/mol. The SMILES string of the molecule is CC12C=CC(=O)C=C1CCC1C2C(O)CC2(C)C1CC1OCOC12C(=O)COc1ccc(N)cc1. The van der Waals surface area contributed by atoms with E-state index in [1.54, 1.807) is 36.4 Å². The number of anilines is 1. The van der Waals surface area contributed by atoms with Crippen LogP contribution in [0.4, 0.5) is 5.69 Å². The van der Waals surface area contributed by atoms with Crippen LogP contribution in [0.5, 0.6) is 5.75 Å². The van der Waals surface area contributed by atoms with E-state index in [0.29, 0.717) is 17.9 Å². The van der Waals surface area contributed by atoms with Crippen molar-refractivity contribution in [2.75, 3.05) is 19.1 Å². The quantitative estimate of drug-likeness (QED) is 0.639. The van der Waals surface area contributed by atoms with Crippen LogP contribution >= 0.6 is 0 Å². The average molecular weight is 480 g/mol. The van der Waals surface area contributed by atoms with Crippen molar-refractivity contribution in [3.05, 3.63) is 48.1 Å². The van der Waals surface area contributed by atoms with E-state index in [0.717, 1.165) is 24.8 Å². The Balaban J connectivity index is 1.32. The number of hydrogen-bond acceptors (Lipinski definition) is 7. The number of aliphatic hydroxyl groups is 1. The summed E-state index contributed by atoms with van der Waals surface area (Å²) in [5.41, 5.74) is 5.42. The number of fused-ring (bicyclic) bond motifs is 7. The normalized spacial score (nSPS) is 43.6. The molecule has 35 heavy (non-hydrogen) atoms. The Bertz CT molecular complexity index is 1130. The molecule has 0 radical (unpaired) electrons. The van der Waals surface area contributed by atoms with Gasteiger partial charge in [-0.25, -0.2) is 0 Å². The van der Waals surface area contributed by atoms with E-state index in [1.807, 2.05) is 6.08 Å². The van der Waals surface area contributed by atoms with Gasteiger partial charge in [0.2, 0.25) is 5.78 Å². The molecule has 0 bridgehead atoms. The largest absolute Gasteiger partial charge is 0.486 e. The second-order valence-corrected chi connectivity index (χ2v) is 11.4. The highest BCUT2D eigenvalue weighted by Gasteiger charge is 2.74. The Labute approximate surface area is 205 Å². The Morgan fingerprint density at radius 2 is 2.03 bits per heavy atom. The van der Waals surface area contributed by atoms with E-state index in [1.165, 1.54) is 0 Å². The molecule has 1 aromatic carbocycles. The molecule has 5 aliphatic rings. The van der Waals surface area contributed by atoms with E-state index in [2.05, 4.69) is 13.8 Å². The summed E-state index contributed by atoms with van der Waals surface area (Å²) in [5.74, 6) is 0.797. The molecule has 4 aliphatic carbocycles. The van der Waals surface area contributed by atoms with E-state index in [-0.39, 0.29) is 54.2 Å².